The molecule has 0 rings (SSSR count). The maximum atomic E-state index is 12.1. The third kappa shape index (κ3) is 48.1. The van der Waals surface area contributed by atoms with Crippen molar-refractivity contribution < 1.29 is 119 Å². The molecule has 0 amide bonds. The van der Waals surface area contributed by atoms with Crippen molar-refractivity contribution in [3.05, 3.63) is 0 Å². The lowest BCUT2D eigenvalue weighted by molar-refractivity contribution is -0.288. The largest absolute Gasteiger partial charge is 0.400 e. The summed E-state index contributed by atoms with van der Waals surface area (Å²) in [5.74, 6) is -9.19. The predicted molar refractivity (Wildman–Crippen MR) is 244 cm³/mol. The molecule has 470 valence electrons. The van der Waals surface area contributed by atoms with Gasteiger partial charge in [0.1, 0.15) is 0 Å². The van der Waals surface area contributed by atoms with Crippen LogP contribution >= 0.6 is 0 Å². The summed E-state index contributed by atoms with van der Waals surface area (Å²) in [5.41, 5.74) is -3.07. The van der Waals surface area contributed by atoms with Crippen LogP contribution in [0.2, 0.25) is 0 Å². The molecule has 0 heterocycles. The lowest BCUT2D eigenvalue weighted by Gasteiger charge is -2.31. The molecule has 27 heteroatoms. The molecule has 0 aromatic heterocycles. The van der Waals surface area contributed by atoms with Crippen LogP contribution in [-0.2, 0) is 0 Å². The molecule has 76 heavy (non-hydrogen) atoms. The van der Waals surface area contributed by atoms with Gasteiger partial charge in [0.15, 0.2) is 11.8 Å². The summed E-state index contributed by atoms with van der Waals surface area (Å²) in [5, 5.41) is 0. The highest BCUT2D eigenvalue weighted by Gasteiger charge is 2.57. The van der Waals surface area contributed by atoms with Crippen molar-refractivity contribution in [2.45, 2.75) is 257 Å². The van der Waals surface area contributed by atoms with Crippen molar-refractivity contribution in [3.8, 4) is 0 Å². The lowest BCUT2D eigenvalue weighted by atomic mass is 9.81. The first kappa shape index (κ1) is 88.0. The molecule has 0 radical (unpaired) electrons. The van der Waals surface area contributed by atoms with Crippen molar-refractivity contribution in [2.24, 2.45) is 58.2 Å². The molecule has 0 aliphatic rings. The minimum atomic E-state index is -5.19. The number of unbranched alkanes of at least 4 members (excludes halogenated alkanes) is 1. The van der Waals surface area contributed by atoms with Crippen molar-refractivity contribution in [1.29, 1.82) is 0 Å². The smallest absolute Gasteiger partial charge is 0.171 e. The summed E-state index contributed by atoms with van der Waals surface area (Å²) in [6, 6.07) is 0. The van der Waals surface area contributed by atoms with Gasteiger partial charge >= 0.3 is 55.6 Å². The molecule has 0 spiro atoms. The van der Waals surface area contributed by atoms with Gasteiger partial charge in [0, 0.05) is 12.8 Å². The Morgan fingerprint density at radius 2 is 0.724 bits per heavy atom. The van der Waals surface area contributed by atoms with E-state index in [-0.39, 0.29) is 36.5 Å². The van der Waals surface area contributed by atoms with Gasteiger partial charge in [-0.3, -0.25) is 0 Å². The van der Waals surface area contributed by atoms with Gasteiger partial charge in [0.2, 0.25) is 0 Å². The third-order valence-electron chi connectivity index (χ3n) is 12.0. The summed E-state index contributed by atoms with van der Waals surface area (Å²) < 4.78 is 320. The highest BCUT2D eigenvalue weighted by Crippen LogP contribution is 2.45. The van der Waals surface area contributed by atoms with Crippen LogP contribution in [0.3, 0.4) is 0 Å². The molecule has 3 atom stereocenters. The number of hydrogen-bond acceptors (Lipinski definition) is 0. The van der Waals surface area contributed by atoms with Crippen LogP contribution in [0.1, 0.15) is 201 Å². The van der Waals surface area contributed by atoms with Crippen LogP contribution in [-0.4, -0.2) is 55.6 Å². The first-order valence-electron chi connectivity index (χ1n) is 24.7. The van der Waals surface area contributed by atoms with Gasteiger partial charge in [0.05, 0.1) is 16.7 Å². The Hall–Kier alpha value is -1.89. The van der Waals surface area contributed by atoms with Gasteiger partial charge in [0.25, 0.3) is 0 Å². The first-order valence-corrected chi connectivity index (χ1v) is 24.7. The molecule has 0 aromatic carbocycles. The molecule has 0 bridgehead atoms. The minimum absolute atomic E-state index is 0.0658. The standard InChI is InChI=1S/2C7H10F6.5C7H13F3/c1-4(2)3-5(6(8,9)10)7(11,12)13;1-2-3-4-5(6(8,9)10)7(11,12)13;1-5(2)6(3,4)7(8,9)10;1-4-5-6(2,3)7(8,9)10;1-4-5(2)6(3)7(8,9)10;1-3-4-6(2)5-7(8,9)10;1-3-6(4-2)5-7(8,9)10/h4-5H,3H2,1-2H3;5H,2-4H2,1H3;5H,1-4H3;4-5H2,1-3H3;5-6H,4H2,1-3H3;2*6H,3-5H2,1-2H3/t;;;;5-,6?;;/m....0../s1. The first-order chi connectivity index (χ1) is 33.1. The minimum Gasteiger partial charge on any atom is -0.171 e. The van der Waals surface area contributed by atoms with Gasteiger partial charge in [-0.15, -0.1) is 0 Å². The summed E-state index contributed by atoms with van der Waals surface area (Å²) in [6.07, 6.45) is -39.5. The zero-order chi connectivity index (χ0) is 63.3. The lowest BCUT2D eigenvalue weighted by Crippen LogP contribution is -2.37. The van der Waals surface area contributed by atoms with Crippen LogP contribution in [0.15, 0.2) is 0 Å². The van der Waals surface area contributed by atoms with E-state index in [9.17, 15) is 119 Å². The fourth-order valence-electron chi connectivity index (χ4n) is 5.51. The Morgan fingerprint density at radius 1 is 0.368 bits per heavy atom. The zero-order valence-electron chi connectivity index (χ0n) is 46.5. The molecule has 2 unspecified atom stereocenters. The maximum Gasteiger partial charge on any atom is 0.400 e. The Morgan fingerprint density at radius 3 is 0.855 bits per heavy atom. The van der Waals surface area contributed by atoms with Crippen LogP contribution in [0.25, 0.3) is 0 Å². The highest BCUT2D eigenvalue weighted by molar-refractivity contribution is 4.80. The number of halogens is 27. The van der Waals surface area contributed by atoms with Gasteiger partial charge in [-0.2, -0.15) is 119 Å². The van der Waals surface area contributed by atoms with E-state index in [4.69, 9.17) is 0 Å². The molecular weight excluding hydrogens is 1100 g/mol. The highest BCUT2D eigenvalue weighted by atomic mass is 19.4. The molecule has 0 N–H and O–H groups in total. The second kappa shape index (κ2) is 37.2. The fraction of sp³-hybridized carbons (Fsp3) is 1.00. The second-order valence-corrected chi connectivity index (χ2v) is 20.5. The molecular formula is C49H85F27. The Labute approximate surface area is 433 Å². The summed E-state index contributed by atoms with van der Waals surface area (Å²) in [4.78, 5) is 0. The quantitative estimate of drug-likeness (QED) is 0.135. The molecule has 0 fully saturated rings. The molecule has 0 saturated heterocycles. The van der Waals surface area contributed by atoms with E-state index in [0.29, 0.717) is 38.5 Å². The monoisotopic (exact) mass is 1190 g/mol. The summed E-state index contributed by atoms with van der Waals surface area (Å²) in [6.45, 7) is 25.7. The Balaban J connectivity index is -0.000000147. The molecule has 0 aromatic rings. The van der Waals surface area contributed by atoms with Crippen molar-refractivity contribution in [2.75, 3.05) is 0 Å². The van der Waals surface area contributed by atoms with E-state index < -0.39 is 116 Å². The summed E-state index contributed by atoms with van der Waals surface area (Å²) >= 11 is 0. The topological polar surface area (TPSA) is 0 Å². The molecule has 0 saturated carbocycles. The van der Waals surface area contributed by atoms with Crippen molar-refractivity contribution in [3.63, 3.8) is 0 Å². The Kier molecular flexibility index (Phi) is 43.0. The fourth-order valence-corrected chi connectivity index (χ4v) is 5.51. The third-order valence-corrected chi connectivity index (χ3v) is 12.0. The second-order valence-electron chi connectivity index (χ2n) is 20.5. The number of alkyl halides is 27. The molecule has 0 aliphatic carbocycles. The maximum absolute atomic E-state index is 12.1. The molecule has 0 aliphatic heterocycles. The van der Waals surface area contributed by atoms with Crippen LogP contribution < -0.4 is 0 Å². The number of hydrogen-bond donors (Lipinski definition) is 0. The van der Waals surface area contributed by atoms with E-state index in [1.54, 1.807) is 62.3 Å². The molecule has 0 nitrogen and oxygen atoms in total. The van der Waals surface area contributed by atoms with Crippen molar-refractivity contribution in [1.82, 2.24) is 0 Å². The zero-order valence-corrected chi connectivity index (χ0v) is 46.5. The van der Waals surface area contributed by atoms with E-state index in [1.807, 2.05) is 6.92 Å². The van der Waals surface area contributed by atoms with Gasteiger partial charge in [-0.1, -0.05) is 169 Å². The van der Waals surface area contributed by atoms with Crippen molar-refractivity contribution >= 4 is 0 Å². The van der Waals surface area contributed by atoms with E-state index in [1.165, 1.54) is 48.5 Å². The average molecular weight is 1190 g/mol. The van der Waals surface area contributed by atoms with Gasteiger partial charge < -0.3 is 0 Å². The van der Waals surface area contributed by atoms with E-state index in [0.717, 1.165) is 6.42 Å². The van der Waals surface area contributed by atoms with Gasteiger partial charge in [-0.25, -0.2) is 0 Å². The SMILES string of the molecule is CC(C)C(C)(C)C(F)(F)F.CC(C)CC(C(F)(F)F)C(F)(F)F.CCC(CC)CC(F)(F)F.CCCC(C)(C)C(F)(F)F.CCCC(C)CC(F)(F)F.CCCCC(C(F)(F)F)C(F)(F)F.CC[C@H](C)C(C)C(F)(F)F. The number of rotatable bonds is 16. The average Bonchev–Trinajstić information content (AvgIpc) is 3.16. The van der Waals surface area contributed by atoms with Gasteiger partial charge in [-0.05, 0) is 48.9 Å². The van der Waals surface area contributed by atoms with E-state index in [2.05, 4.69) is 0 Å². The predicted octanol–water partition coefficient (Wildman–Crippen LogP) is 24.3. The van der Waals surface area contributed by atoms with Crippen LogP contribution in [0, 0.1) is 58.2 Å². The summed E-state index contributed by atoms with van der Waals surface area (Å²) in [7, 11) is 0. The Bertz CT molecular complexity index is 1320. The normalized spacial score (nSPS) is 14.6. The van der Waals surface area contributed by atoms with E-state index >= 15 is 0 Å². The van der Waals surface area contributed by atoms with Crippen LogP contribution in [0.4, 0.5) is 119 Å². The van der Waals surface area contributed by atoms with Crippen LogP contribution in [0.5, 0.6) is 0 Å².